The van der Waals surface area contributed by atoms with E-state index in [1.165, 1.54) is 4.31 Å². The van der Waals surface area contributed by atoms with Crippen molar-refractivity contribution in [3.63, 3.8) is 0 Å². The maximum absolute atomic E-state index is 12.2. The Hall–Kier alpha value is -0.600. The van der Waals surface area contributed by atoms with Gasteiger partial charge in [0.25, 0.3) is 0 Å². The first-order valence-electron chi connectivity index (χ1n) is 6.30. The van der Waals surface area contributed by atoms with E-state index in [0.29, 0.717) is 12.3 Å². The Morgan fingerprint density at radius 3 is 2.29 bits per heavy atom. The minimum Gasteiger partial charge on any atom is -0.211 e. The second-order valence-corrected chi connectivity index (χ2v) is 7.18. The van der Waals surface area contributed by atoms with Gasteiger partial charge < -0.3 is 0 Å². The molecule has 0 aliphatic heterocycles. The van der Waals surface area contributed by atoms with E-state index in [1.54, 1.807) is 14.0 Å². The van der Waals surface area contributed by atoms with Crippen molar-refractivity contribution < 1.29 is 8.42 Å². The Labute approximate surface area is 105 Å². The van der Waals surface area contributed by atoms with Gasteiger partial charge >= 0.3 is 0 Å². The highest BCUT2D eigenvalue weighted by Crippen LogP contribution is 2.28. The van der Waals surface area contributed by atoms with Crippen LogP contribution in [0, 0.1) is 17.2 Å². The van der Waals surface area contributed by atoms with Crippen molar-refractivity contribution in [3.05, 3.63) is 0 Å². The third kappa shape index (κ3) is 3.20. The number of rotatable bonds is 4. The molecule has 4 nitrogen and oxygen atoms in total. The van der Waals surface area contributed by atoms with Crippen LogP contribution in [-0.4, -0.2) is 31.1 Å². The van der Waals surface area contributed by atoms with Crippen molar-refractivity contribution in [1.29, 1.82) is 5.26 Å². The summed E-state index contributed by atoms with van der Waals surface area (Å²) in [5, 5.41) is 8.00. The molecule has 0 bridgehead atoms. The van der Waals surface area contributed by atoms with Crippen LogP contribution in [0.1, 0.15) is 46.0 Å². The molecule has 0 aromatic heterocycles. The molecule has 0 saturated heterocycles. The number of nitriles is 1. The van der Waals surface area contributed by atoms with Gasteiger partial charge in [0.15, 0.2) is 5.25 Å². The fraction of sp³-hybridized carbons (Fsp3) is 0.917. The van der Waals surface area contributed by atoms with E-state index in [4.69, 9.17) is 5.26 Å². The molecule has 1 unspecified atom stereocenters. The zero-order chi connectivity index (χ0) is 13.1. The standard InChI is InChI=1S/C12H22N2O2S/c1-4-12(9-13)17(15,16)14(3)11-7-5-10(2)6-8-11/h10-12H,4-8H2,1-3H3. The topological polar surface area (TPSA) is 61.2 Å². The molecule has 17 heavy (non-hydrogen) atoms. The number of sulfonamides is 1. The lowest BCUT2D eigenvalue weighted by Crippen LogP contribution is -2.43. The van der Waals surface area contributed by atoms with Crippen LogP contribution in [0.2, 0.25) is 0 Å². The average Bonchev–Trinajstić information content (AvgIpc) is 2.30. The summed E-state index contributed by atoms with van der Waals surface area (Å²) in [6.07, 6.45) is 4.34. The Bertz CT molecular complexity index is 378. The second kappa shape index (κ2) is 5.83. The van der Waals surface area contributed by atoms with E-state index in [1.807, 2.05) is 6.07 Å². The van der Waals surface area contributed by atoms with E-state index in [2.05, 4.69) is 6.92 Å². The van der Waals surface area contributed by atoms with Gasteiger partial charge in [0.1, 0.15) is 0 Å². The highest BCUT2D eigenvalue weighted by Gasteiger charge is 2.34. The van der Waals surface area contributed by atoms with E-state index < -0.39 is 15.3 Å². The predicted molar refractivity (Wildman–Crippen MR) is 67.8 cm³/mol. The van der Waals surface area contributed by atoms with Gasteiger partial charge in [0, 0.05) is 13.1 Å². The molecular formula is C12H22N2O2S. The summed E-state index contributed by atoms with van der Waals surface area (Å²) in [6.45, 7) is 3.94. The van der Waals surface area contributed by atoms with Gasteiger partial charge in [-0.25, -0.2) is 12.7 Å². The fourth-order valence-electron chi connectivity index (χ4n) is 2.38. The Morgan fingerprint density at radius 1 is 1.35 bits per heavy atom. The van der Waals surface area contributed by atoms with Gasteiger partial charge in [-0.05, 0) is 38.0 Å². The van der Waals surface area contributed by atoms with Crippen molar-refractivity contribution in [3.8, 4) is 6.07 Å². The molecule has 0 amide bonds. The largest absolute Gasteiger partial charge is 0.230 e. The second-order valence-electron chi connectivity index (χ2n) is 5.00. The molecule has 1 saturated carbocycles. The van der Waals surface area contributed by atoms with Gasteiger partial charge in [-0.1, -0.05) is 13.8 Å². The molecule has 1 aliphatic carbocycles. The van der Waals surface area contributed by atoms with Crippen LogP contribution in [0.5, 0.6) is 0 Å². The van der Waals surface area contributed by atoms with E-state index >= 15 is 0 Å². The van der Waals surface area contributed by atoms with Crippen LogP contribution in [0.25, 0.3) is 0 Å². The maximum atomic E-state index is 12.2. The zero-order valence-electron chi connectivity index (χ0n) is 10.9. The molecule has 98 valence electrons. The Morgan fingerprint density at radius 2 is 1.88 bits per heavy atom. The molecule has 0 spiro atoms. The maximum Gasteiger partial charge on any atom is 0.230 e. The summed E-state index contributed by atoms with van der Waals surface area (Å²) in [7, 11) is -1.83. The fourth-order valence-corrected chi connectivity index (χ4v) is 3.97. The Balaban J connectivity index is 2.76. The lowest BCUT2D eigenvalue weighted by molar-refractivity contribution is 0.245. The van der Waals surface area contributed by atoms with Crippen molar-refractivity contribution >= 4 is 10.0 Å². The van der Waals surface area contributed by atoms with Crippen LogP contribution in [0.3, 0.4) is 0 Å². The summed E-state index contributed by atoms with van der Waals surface area (Å²) in [6, 6.07) is 1.97. The smallest absolute Gasteiger partial charge is 0.211 e. The minimum absolute atomic E-state index is 0.0820. The lowest BCUT2D eigenvalue weighted by atomic mass is 9.87. The molecular weight excluding hydrogens is 236 g/mol. The minimum atomic E-state index is -3.45. The third-order valence-electron chi connectivity index (χ3n) is 3.78. The molecule has 1 rings (SSSR count). The molecule has 0 N–H and O–H groups in total. The monoisotopic (exact) mass is 258 g/mol. The van der Waals surface area contributed by atoms with Crippen LogP contribution in [0.15, 0.2) is 0 Å². The molecule has 1 aliphatic rings. The zero-order valence-corrected chi connectivity index (χ0v) is 11.7. The first-order valence-corrected chi connectivity index (χ1v) is 7.80. The molecule has 0 aromatic rings. The van der Waals surface area contributed by atoms with Crippen LogP contribution in [-0.2, 0) is 10.0 Å². The number of nitrogens with zero attached hydrogens (tertiary/aromatic N) is 2. The number of hydrogen-bond acceptors (Lipinski definition) is 3. The summed E-state index contributed by atoms with van der Waals surface area (Å²) in [5.41, 5.74) is 0. The molecule has 0 aromatic carbocycles. The normalized spacial score (nSPS) is 27.7. The third-order valence-corrected chi connectivity index (χ3v) is 6.03. The van der Waals surface area contributed by atoms with Gasteiger partial charge in [-0.3, -0.25) is 0 Å². The first-order chi connectivity index (χ1) is 7.93. The van der Waals surface area contributed by atoms with E-state index in [-0.39, 0.29) is 6.04 Å². The average molecular weight is 258 g/mol. The van der Waals surface area contributed by atoms with Crippen LogP contribution in [0.4, 0.5) is 0 Å². The SMILES string of the molecule is CCC(C#N)S(=O)(=O)N(C)C1CCC(C)CC1. The predicted octanol–water partition coefficient (Wildman–Crippen LogP) is 2.13. The van der Waals surface area contributed by atoms with E-state index in [9.17, 15) is 8.42 Å². The van der Waals surface area contributed by atoms with Crippen molar-refractivity contribution in [2.45, 2.75) is 57.2 Å². The number of hydrogen-bond donors (Lipinski definition) is 0. The Kier molecular flexibility index (Phi) is 4.96. The van der Waals surface area contributed by atoms with Gasteiger partial charge in [-0.15, -0.1) is 0 Å². The van der Waals surface area contributed by atoms with Crippen molar-refractivity contribution in [2.75, 3.05) is 7.05 Å². The quantitative estimate of drug-likeness (QED) is 0.776. The van der Waals surface area contributed by atoms with Gasteiger partial charge in [0.2, 0.25) is 10.0 Å². The first kappa shape index (κ1) is 14.5. The van der Waals surface area contributed by atoms with Crippen molar-refractivity contribution in [1.82, 2.24) is 4.31 Å². The highest BCUT2D eigenvalue weighted by atomic mass is 32.2. The molecule has 1 fully saturated rings. The van der Waals surface area contributed by atoms with Gasteiger partial charge in [0.05, 0.1) is 6.07 Å². The van der Waals surface area contributed by atoms with Crippen LogP contribution < -0.4 is 0 Å². The molecule has 0 heterocycles. The molecule has 5 heteroatoms. The molecule has 0 radical (unpaired) electrons. The summed E-state index contributed by atoms with van der Waals surface area (Å²) in [5.74, 6) is 0.695. The summed E-state index contributed by atoms with van der Waals surface area (Å²) >= 11 is 0. The van der Waals surface area contributed by atoms with Crippen LogP contribution >= 0.6 is 0 Å². The van der Waals surface area contributed by atoms with Gasteiger partial charge in [-0.2, -0.15) is 5.26 Å². The summed E-state index contributed by atoms with van der Waals surface area (Å²) < 4.78 is 25.8. The van der Waals surface area contributed by atoms with E-state index in [0.717, 1.165) is 25.7 Å². The molecule has 1 atom stereocenters. The summed E-state index contributed by atoms with van der Waals surface area (Å²) in [4.78, 5) is 0. The highest BCUT2D eigenvalue weighted by molar-refractivity contribution is 7.90. The van der Waals surface area contributed by atoms with Crippen molar-refractivity contribution in [2.24, 2.45) is 5.92 Å². The lowest BCUT2D eigenvalue weighted by Gasteiger charge is -2.33.